The minimum atomic E-state index is -3.45. The van der Waals surface area contributed by atoms with Crippen LogP contribution >= 0.6 is 0 Å². The highest BCUT2D eigenvalue weighted by Gasteiger charge is 2.48. The first kappa shape index (κ1) is 15.8. The topological polar surface area (TPSA) is 68.1 Å². The standard InChI is InChI=1S/C17H22N4O2S/c1-12-3-6-17(9-13(12)2)24(22,23)20-14-4-5-15(20)11-16(10-14)21-18-7-8-19-21/h3,6-9,14-16H,4-5,10-11H2,1-2H3/t14-,15-/m0/s1. The number of fused-ring (bicyclic) bond motifs is 2. The molecule has 0 N–H and O–H groups in total. The molecule has 2 aliphatic rings. The Balaban J connectivity index is 1.64. The third-order valence-corrected chi connectivity index (χ3v) is 7.46. The van der Waals surface area contributed by atoms with Gasteiger partial charge in [-0.25, -0.2) is 8.42 Å². The average Bonchev–Trinajstić information content (AvgIpc) is 3.17. The number of aryl methyl sites for hydroxylation is 2. The molecule has 4 rings (SSSR count). The molecule has 24 heavy (non-hydrogen) atoms. The van der Waals surface area contributed by atoms with Gasteiger partial charge in [-0.15, -0.1) is 0 Å². The van der Waals surface area contributed by atoms with E-state index in [9.17, 15) is 8.42 Å². The van der Waals surface area contributed by atoms with Crippen molar-refractivity contribution in [3.05, 3.63) is 41.7 Å². The summed E-state index contributed by atoms with van der Waals surface area (Å²) in [5.41, 5.74) is 2.12. The highest BCUT2D eigenvalue weighted by molar-refractivity contribution is 7.89. The molecule has 0 spiro atoms. The number of sulfonamides is 1. The first-order valence-electron chi connectivity index (χ1n) is 8.43. The molecule has 0 unspecified atom stereocenters. The third kappa shape index (κ3) is 2.46. The summed E-state index contributed by atoms with van der Waals surface area (Å²) >= 11 is 0. The second kappa shape index (κ2) is 5.67. The maximum Gasteiger partial charge on any atom is 0.243 e. The van der Waals surface area contributed by atoms with Crippen LogP contribution in [-0.2, 0) is 10.0 Å². The number of benzene rings is 1. The predicted molar refractivity (Wildman–Crippen MR) is 90.0 cm³/mol. The van der Waals surface area contributed by atoms with Crippen LogP contribution in [0, 0.1) is 13.8 Å². The van der Waals surface area contributed by atoms with Gasteiger partial charge in [0.15, 0.2) is 0 Å². The second-order valence-electron chi connectivity index (χ2n) is 6.94. The molecule has 6 nitrogen and oxygen atoms in total. The van der Waals surface area contributed by atoms with Gasteiger partial charge in [-0.05, 0) is 62.8 Å². The van der Waals surface area contributed by atoms with Gasteiger partial charge in [-0.1, -0.05) is 6.07 Å². The fourth-order valence-corrected chi connectivity index (χ4v) is 6.07. The molecule has 2 atom stereocenters. The van der Waals surface area contributed by atoms with Crippen LogP contribution in [-0.4, -0.2) is 39.8 Å². The number of hydrogen-bond acceptors (Lipinski definition) is 4. The molecule has 2 aliphatic heterocycles. The van der Waals surface area contributed by atoms with Crippen LogP contribution in [0.25, 0.3) is 0 Å². The van der Waals surface area contributed by atoms with Crippen LogP contribution < -0.4 is 0 Å². The summed E-state index contributed by atoms with van der Waals surface area (Å²) in [5.74, 6) is 0. The summed E-state index contributed by atoms with van der Waals surface area (Å²) in [6.45, 7) is 3.95. The summed E-state index contributed by atoms with van der Waals surface area (Å²) in [6.07, 6.45) is 6.78. The largest absolute Gasteiger partial charge is 0.243 e. The third-order valence-electron chi connectivity index (χ3n) is 5.46. The van der Waals surface area contributed by atoms with E-state index in [1.54, 1.807) is 33.6 Å². The van der Waals surface area contributed by atoms with Crippen molar-refractivity contribution in [1.29, 1.82) is 0 Å². The molecule has 128 valence electrons. The molecule has 2 fully saturated rings. The zero-order chi connectivity index (χ0) is 16.9. The lowest BCUT2D eigenvalue weighted by Gasteiger charge is -2.37. The molecule has 1 aromatic carbocycles. The zero-order valence-electron chi connectivity index (χ0n) is 14.0. The Bertz CT molecular complexity index is 833. The Morgan fingerprint density at radius 3 is 2.17 bits per heavy atom. The fraction of sp³-hybridized carbons (Fsp3) is 0.529. The molecule has 2 saturated heterocycles. The van der Waals surface area contributed by atoms with E-state index < -0.39 is 10.0 Å². The number of piperidine rings is 1. The minimum Gasteiger partial charge on any atom is -0.207 e. The van der Waals surface area contributed by atoms with Crippen molar-refractivity contribution in [2.75, 3.05) is 0 Å². The van der Waals surface area contributed by atoms with Crippen molar-refractivity contribution in [3.8, 4) is 0 Å². The molecular formula is C17H22N4O2S. The molecule has 0 aliphatic carbocycles. The average molecular weight is 346 g/mol. The highest BCUT2D eigenvalue weighted by atomic mass is 32.2. The molecule has 0 amide bonds. The summed E-state index contributed by atoms with van der Waals surface area (Å²) in [6, 6.07) is 5.72. The van der Waals surface area contributed by atoms with E-state index in [1.165, 1.54) is 0 Å². The monoisotopic (exact) mass is 346 g/mol. The first-order valence-corrected chi connectivity index (χ1v) is 9.87. The Hall–Kier alpha value is -1.73. The molecule has 1 aromatic heterocycles. The van der Waals surface area contributed by atoms with Crippen LogP contribution in [0.2, 0.25) is 0 Å². The van der Waals surface area contributed by atoms with Crippen LogP contribution in [0.5, 0.6) is 0 Å². The number of nitrogens with zero attached hydrogens (tertiary/aromatic N) is 4. The van der Waals surface area contributed by atoms with Crippen molar-refractivity contribution in [3.63, 3.8) is 0 Å². The van der Waals surface area contributed by atoms with Gasteiger partial charge in [0.1, 0.15) is 0 Å². The van der Waals surface area contributed by atoms with Crippen molar-refractivity contribution < 1.29 is 8.42 Å². The van der Waals surface area contributed by atoms with Gasteiger partial charge in [0.05, 0.1) is 23.3 Å². The normalized spacial score (nSPS) is 27.5. The summed E-state index contributed by atoms with van der Waals surface area (Å²) in [4.78, 5) is 2.16. The van der Waals surface area contributed by atoms with Crippen LogP contribution in [0.15, 0.2) is 35.5 Å². The van der Waals surface area contributed by atoms with E-state index in [4.69, 9.17) is 0 Å². The predicted octanol–water partition coefficient (Wildman–Crippen LogP) is 2.45. The van der Waals surface area contributed by atoms with Crippen LogP contribution in [0.4, 0.5) is 0 Å². The van der Waals surface area contributed by atoms with E-state index in [0.717, 1.165) is 36.8 Å². The molecule has 2 bridgehead atoms. The van der Waals surface area contributed by atoms with Gasteiger partial charge in [0.2, 0.25) is 10.0 Å². The number of hydrogen-bond donors (Lipinski definition) is 0. The summed E-state index contributed by atoms with van der Waals surface area (Å²) < 4.78 is 28.1. The molecule has 0 radical (unpaired) electrons. The summed E-state index contributed by atoms with van der Waals surface area (Å²) in [5, 5.41) is 8.48. The lowest BCUT2D eigenvalue weighted by atomic mass is 10.0. The smallest absolute Gasteiger partial charge is 0.207 e. The van der Waals surface area contributed by atoms with Gasteiger partial charge in [0.25, 0.3) is 0 Å². The molecule has 0 saturated carbocycles. The first-order chi connectivity index (χ1) is 11.5. The van der Waals surface area contributed by atoms with Gasteiger partial charge in [-0.3, -0.25) is 0 Å². The van der Waals surface area contributed by atoms with E-state index in [2.05, 4.69) is 10.2 Å². The van der Waals surface area contributed by atoms with Gasteiger partial charge in [0, 0.05) is 12.1 Å². The number of aromatic nitrogens is 3. The van der Waals surface area contributed by atoms with Crippen molar-refractivity contribution >= 4 is 10.0 Å². The Kier molecular flexibility index (Phi) is 3.73. The molecule has 2 aromatic rings. The van der Waals surface area contributed by atoms with E-state index in [0.29, 0.717) is 4.90 Å². The summed E-state index contributed by atoms with van der Waals surface area (Å²) in [7, 11) is -3.45. The Labute approximate surface area is 142 Å². The van der Waals surface area contributed by atoms with E-state index in [1.807, 2.05) is 19.9 Å². The molecule has 3 heterocycles. The van der Waals surface area contributed by atoms with Crippen LogP contribution in [0.1, 0.15) is 42.9 Å². The van der Waals surface area contributed by atoms with Crippen LogP contribution in [0.3, 0.4) is 0 Å². The maximum absolute atomic E-state index is 13.2. The quantitative estimate of drug-likeness (QED) is 0.856. The van der Waals surface area contributed by atoms with Crippen molar-refractivity contribution in [2.45, 2.75) is 62.6 Å². The second-order valence-corrected chi connectivity index (χ2v) is 8.78. The SMILES string of the molecule is Cc1ccc(S(=O)(=O)N2[C@H]3CC[C@H]2CC(n2nccn2)C3)cc1C. The highest BCUT2D eigenvalue weighted by Crippen LogP contribution is 2.43. The van der Waals surface area contributed by atoms with Gasteiger partial charge >= 0.3 is 0 Å². The fourth-order valence-electron chi connectivity index (χ4n) is 4.10. The Morgan fingerprint density at radius 2 is 1.58 bits per heavy atom. The molecular weight excluding hydrogens is 324 g/mol. The maximum atomic E-state index is 13.2. The lowest BCUT2D eigenvalue weighted by molar-refractivity contribution is 0.174. The van der Waals surface area contributed by atoms with E-state index in [-0.39, 0.29) is 18.1 Å². The van der Waals surface area contributed by atoms with E-state index >= 15 is 0 Å². The number of rotatable bonds is 3. The lowest BCUT2D eigenvalue weighted by Crippen LogP contribution is -2.47. The Morgan fingerprint density at radius 1 is 0.958 bits per heavy atom. The van der Waals surface area contributed by atoms with Crippen molar-refractivity contribution in [2.24, 2.45) is 0 Å². The van der Waals surface area contributed by atoms with Gasteiger partial charge in [-0.2, -0.15) is 19.3 Å². The minimum absolute atomic E-state index is 0.0476. The van der Waals surface area contributed by atoms with Crippen molar-refractivity contribution in [1.82, 2.24) is 19.3 Å². The van der Waals surface area contributed by atoms with Gasteiger partial charge < -0.3 is 0 Å². The molecule has 7 heteroatoms. The zero-order valence-corrected chi connectivity index (χ0v) is 14.8.